The summed E-state index contributed by atoms with van der Waals surface area (Å²) in [6, 6.07) is 10.9. The summed E-state index contributed by atoms with van der Waals surface area (Å²) in [4.78, 5) is 18.3. The van der Waals surface area contributed by atoms with E-state index in [1.54, 1.807) is 13.8 Å². The predicted octanol–water partition coefficient (Wildman–Crippen LogP) is 7.61. The molecule has 1 N–H and O–H groups in total. The van der Waals surface area contributed by atoms with Gasteiger partial charge in [-0.25, -0.2) is 8.78 Å². The number of aromatic nitrogens is 1. The molecule has 1 aliphatic rings. The Morgan fingerprint density at radius 2 is 1.51 bits per heavy atom. The number of amides is 1. The maximum Gasteiger partial charge on any atom is 0.573 e. The normalized spacial score (nSPS) is 16.6. The molecule has 0 fully saturated rings. The zero-order valence-electron chi connectivity index (χ0n) is 21.7. The zero-order chi connectivity index (χ0) is 30.4. The van der Waals surface area contributed by atoms with Gasteiger partial charge in [0.15, 0.2) is 0 Å². The number of benzene rings is 2. The van der Waals surface area contributed by atoms with E-state index in [4.69, 9.17) is 0 Å². The van der Waals surface area contributed by atoms with E-state index in [0.717, 1.165) is 24.4 Å². The third-order valence-corrected chi connectivity index (χ3v) is 6.36. The minimum absolute atomic E-state index is 0.0100. The molecule has 0 saturated heterocycles. The molecule has 41 heavy (non-hydrogen) atoms. The standard InChI is InChI=1S/C28H23F8N3O2/c1-25(2,18-7-12-23(37-15-18)27(31,32)33)38-21-14-22(16-5-4-6-17(13-16)26(3,29)30)39(24(21)40)19-8-10-20(11-9-19)41-28(34,35)36/h4-15,22,38H,1-3H3. The molecule has 0 radical (unpaired) electrons. The summed E-state index contributed by atoms with van der Waals surface area (Å²) in [6.45, 7) is 3.92. The third kappa shape index (κ3) is 6.77. The Balaban J connectivity index is 1.71. The summed E-state index contributed by atoms with van der Waals surface area (Å²) < 4.78 is 109. The number of rotatable bonds is 7. The van der Waals surface area contributed by atoms with E-state index in [-0.39, 0.29) is 16.9 Å². The number of hydrogen-bond donors (Lipinski definition) is 1. The van der Waals surface area contributed by atoms with Gasteiger partial charge in [0, 0.05) is 24.4 Å². The second-order valence-electron chi connectivity index (χ2n) is 9.94. The molecular formula is C28H23F8N3O2. The molecule has 1 amide bonds. The highest BCUT2D eigenvalue weighted by Crippen LogP contribution is 2.39. The lowest BCUT2D eigenvalue weighted by Crippen LogP contribution is -2.40. The van der Waals surface area contributed by atoms with E-state index in [9.17, 15) is 39.9 Å². The molecular weight excluding hydrogens is 562 g/mol. The average molecular weight is 585 g/mol. The van der Waals surface area contributed by atoms with Gasteiger partial charge in [-0.15, -0.1) is 13.2 Å². The molecule has 2 heterocycles. The van der Waals surface area contributed by atoms with Gasteiger partial charge in [-0.1, -0.05) is 24.3 Å². The van der Waals surface area contributed by atoms with Crippen LogP contribution >= 0.6 is 0 Å². The van der Waals surface area contributed by atoms with Crippen LogP contribution < -0.4 is 15.0 Å². The van der Waals surface area contributed by atoms with Crippen molar-refractivity contribution in [1.29, 1.82) is 0 Å². The fourth-order valence-electron chi connectivity index (χ4n) is 4.32. The number of carbonyl (C=O) groups excluding carboxylic acids is 1. The maximum atomic E-state index is 14.1. The van der Waals surface area contributed by atoms with Crippen molar-refractivity contribution in [2.24, 2.45) is 0 Å². The minimum atomic E-state index is -4.93. The van der Waals surface area contributed by atoms with Crippen molar-refractivity contribution in [3.8, 4) is 5.75 Å². The van der Waals surface area contributed by atoms with Crippen molar-refractivity contribution in [3.05, 3.63) is 101 Å². The molecule has 4 rings (SSSR count). The Morgan fingerprint density at radius 3 is 2.05 bits per heavy atom. The summed E-state index contributed by atoms with van der Waals surface area (Å²) >= 11 is 0. The molecule has 0 spiro atoms. The Labute approximate surface area is 229 Å². The number of alkyl halides is 8. The highest BCUT2D eigenvalue weighted by molar-refractivity contribution is 6.09. The lowest BCUT2D eigenvalue weighted by atomic mass is 9.95. The van der Waals surface area contributed by atoms with Gasteiger partial charge in [0.05, 0.1) is 17.3 Å². The average Bonchev–Trinajstić information content (AvgIpc) is 3.18. The fourth-order valence-corrected chi connectivity index (χ4v) is 4.32. The van der Waals surface area contributed by atoms with Crippen LogP contribution in [-0.4, -0.2) is 17.3 Å². The van der Waals surface area contributed by atoms with E-state index < -0.39 is 47.4 Å². The second-order valence-corrected chi connectivity index (χ2v) is 9.94. The van der Waals surface area contributed by atoms with Crippen molar-refractivity contribution in [2.45, 2.75) is 50.8 Å². The van der Waals surface area contributed by atoms with Crippen molar-refractivity contribution >= 4 is 11.6 Å². The molecule has 0 bridgehead atoms. The molecule has 1 aliphatic heterocycles. The Kier molecular flexibility index (Phi) is 7.52. The largest absolute Gasteiger partial charge is 0.573 e. The summed E-state index contributed by atoms with van der Waals surface area (Å²) in [6.07, 6.45) is -7.10. The number of halogens is 8. The van der Waals surface area contributed by atoms with Crippen LogP contribution in [0.15, 0.2) is 78.6 Å². The van der Waals surface area contributed by atoms with Crippen molar-refractivity contribution < 1.29 is 44.7 Å². The number of nitrogens with zero attached hydrogens (tertiary/aromatic N) is 2. The number of pyridine rings is 1. The SMILES string of the molecule is CC(F)(F)c1cccc(C2C=C(NC(C)(C)c3ccc(C(F)(F)F)nc3)C(=O)N2c2ccc(OC(F)(F)F)cc2)c1. The van der Waals surface area contributed by atoms with Crippen LogP contribution in [0.5, 0.6) is 5.75 Å². The lowest BCUT2D eigenvalue weighted by Gasteiger charge is -2.29. The molecule has 1 unspecified atom stereocenters. The van der Waals surface area contributed by atoms with Crippen LogP contribution in [0.4, 0.5) is 40.8 Å². The second kappa shape index (κ2) is 10.3. The van der Waals surface area contributed by atoms with E-state index in [2.05, 4.69) is 15.0 Å². The molecule has 3 aromatic rings. The molecule has 0 aliphatic carbocycles. The molecule has 1 atom stereocenters. The van der Waals surface area contributed by atoms with Crippen molar-refractivity contribution in [1.82, 2.24) is 10.3 Å². The van der Waals surface area contributed by atoms with Gasteiger partial charge >= 0.3 is 12.5 Å². The fraction of sp³-hybridized carbons (Fsp3) is 0.286. The number of carbonyl (C=O) groups is 1. The van der Waals surface area contributed by atoms with Gasteiger partial charge in [0.25, 0.3) is 11.8 Å². The summed E-state index contributed by atoms with van der Waals surface area (Å²) in [5.41, 5.74) is -1.79. The number of hydrogen-bond acceptors (Lipinski definition) is 4. The smallest absolute Gasteiger partial charge is 0.406 e. The van der Waals surface area contributed by atoms with Crippen LogP contribution in [0.1, 0.15) is 49.2 Å². The number of anilines is 1. The van der Waals surface area contributed by atoms with Gasteiger partial charge in [0.2, 0.25) is 0 Å². The highest BCUT2D eigenvalue weighted by Gasteiger charge is 2.39. The first kappa shape index (κ1) is 29.8. The van der Waals surface area contributed by atoms with E-state index in [0.29, 0.717) is 18.1 Å². The molecule has 1 aromatic heterocycles. The lowest BCUT2D eigenvalue weighted by molar-refractivity contribution is -0.274. The van der Waals surface area contributed by atoms with Gasteiger partial charge in [-0.05, 0) is 67.4 Å². The van der Waals surface area contributed by atoms with Crippen molar-refractivity contribution in [2.75, 3.05) is 4.90 Å². The first-order valence-electron chi connectivity index (χ1n) is 12.1. The van der Waals surface area contributed by atoms with Crippen LogP contribution in [0.3, 0.4) is 0 Å². The van der Waals surface area contributed by atoms with Crippen LogP contribution in [0.2, 0.25) is 0 Å². The first-order valence-corrected chi connectivity index (χ1v) is 12.1. The van der Waals surface area contributed by atoms with Gasteiger partial charge in [-0.2, -0.15) is 13.2 Å². The van der Waals surface area contributed by atoms with Gasteiger partial charge in [-0.3, -0.25) is 14.7 Å². The van der Waals surface area contributed by atoms with Crippen LogP contribution in [0.25, 0.3) is 0 Å². The quantitative estimate of drug-likeness (QED) is 0.290. The first-order chi connectivity index (χ1) is 18.8. The molecule has 0 saturated carbocycles. The van der Waals surface area contributed by atoms with Crippen LogP contribution in [0, 0.1) is 0 Å². The van der Waals surface area contributed by atoms with Gasteiger partial charge in [0.1, 0.15) is 11.4 Å². The molecule has 218 valence electrons. The predicted molar refractivity (Wildman–Crippen MR) is 133 cm³/mol. The van der Waals surface area contributed by atoms with Crippen molar-refractivity contribution in [3.63, 3.8) is 0 Å². The van der Waals surface area contributed by atoms with Crippen LogP contribution in [-0.2, 0) is 22.4 Å². The third-order valence-electron chi connectivity index (χ3n) is 6.36. The minimum Gasteiger partial charge on any atom is -0.406 e. The Hall–Kier alpha value is -4.16. The maximum absolute atomic E-state index is 14.1. The topological polar surface area (TPSA) is 54.5 Å². The molecule has 2 aromatic carbocycles. The monoisotopic (exact) mass is 585 g/mol. The summed E-state index contributed by atoms with van der Waals surface area (Å²) in [5.74, 6) is -4.37. The van der Waals surface area contributed by atoms with Gasteiger partial charge < -0.3 is 10.1 Å². The number of nitrogens with one attached hydrogen (secondary N) is 1. The molecule has 5 nitrogen and oxygen atoms in total. The Bertz CT molecular complexity index is 1440. The summed E-state index contributed by atoms with van der Waals surface area (Å²) in [7, 11) is 0. The number of ether oxygens (including phenoxy) is 1. The molecule has 13 heteroatoms. The van der Waals surface area contributed by atoms with E-state index >= 15 is 0 Å². The Morgan fingerprint density at radius 1 is 0.854 bits per heavy atom. The van der Waals surface area contributed by atoms with E-state index in [1.165, 1.54) is 53.4 Å². The van der Waals surface area contributed by atoms with E-state index in [1.807, 2.05) is 0 Å². The summed E-state index contributed by atoms with van der Waals surface area (Å²) in [5, 5.41) is 2.99. The zero-order valence-corrected chi connectivity index (χ0v) is 21.7. The highest BCUT2D eigenvalue weighted by atomic mass is 19.4.